The predicted molar refractivity (Wildman–Crippen MR) is 85.3 cm³/mol. The zero-order valence-electron chi connectivity index (χ0n) is 11.6. The SMILES string of the molecule is CCNc1nc(-c2ccco2)nc(C(C)(C)C)c1I. The number of rotatable bonds is 3. The minimum absolute atomic E-state index is 0.0367. The summed E-state index contributed by atoms with van der Waals surface area (Å²) in [6.45, 7) is 9.34. The molecular weight excluding hydrogens is 353 g/mol. The van der Waals surface area contributed by atoms with Crippen LogP contribution < -0.4 is 5.32 Å². The number of nitrogens with one attached hydrogen (secondary N) is 1. The van der Waals surface area contributed by atoms with Crippen molar-refractivity contribution in [3.8, 4) is 11.6 Å². The third-order valence-electron chi connectivity index (χ3n) is 2.65. The van der Waals surface area contributed by atoms with Crippen molar-refractivity contribution in [2.24, 2.45) is 0 Å². The van der Waals surface area contributed by atoms with E-state index in [1.807, 2.05) is 12.1 Å². The fraction of sp³-hybridized carbons (Fsp3) is 0.429. The second-order valence-corrected chi connectivity index (χ2v) is 6.39. The van der Waals surface area contributed by atoms with Crippen LogP contribution in [0.15, 0.2) is 22.8 Å². The molecule has 0 atom stereocenters. The first-order valence-electron chi connectivity index (χ1n) is 6.29. The summed E-state index contributed by atoms with van der Waals surface area (Å²) in [7, 11) is 0. The van der Waals surface area contributed by atoms with Crippen molar-refractivity contribution in [2.75, 3.05) is 11.9 Å². The first kappa shape index (κ1) is 14.3. The summed E-state index contributed by atoms with van der Waals surface area (Å²) in [5.41, 5.74) is 0.996. The topological polar surface area (TPSA) is 51.0 Å². The van der Waals surface area contributed by atoms with Crippen LogP contribution in [0.1, 0.15) is 33.4 Å². The van der Waals surface area contributed by atoms with Crippen molar-refractivity contribution >= 4 is 28.4 Å². The van der Waals surface area contributed by atoms with Gasteiger partial charge in [0, 0.05) is 12.0 Å². The molecule has 0 aliphatic heterocycles. The average Bonchev–Trinajstić information content (AvgIpc) is 2.84. The number of anilines is 1. The van der Waals surface area contributed by atoms with Crippen molar-refractivity contribution < 1.29 is 4.42 Å². The lowest BCUT2D eigenvalue weighted by Crippen LogP contribution is -2.19. The summed E-state index contributed by atoms with van der Waals surface area (Å²) in [6, 6.07) is 3.73. The van der Waals surface area contributed by atoms with E-state index in [-0.39, 0.29) is 5.41 Å². The van der Waals surface area contributed by atoms with E-state index < -0.39 is 0 Å². The zero-order valence-corrected chi connectivity index (χ0v) is 13.8. The maximum atomic E-state index is 5.40. The Morgan fingerprint density at radius 1 is 1.32 bits per heavy atom. The monoisotopic (exact) mass is 371 g/mol. The van der Waals surface area contributed by atoms with E-state index in [4.69, 9.17) is 4.42 Å². The molecular formula is C14H18IN3O. The van der Waals surface area contributed by atoms with Crippen LogP contribution in [0.25, 0.3) is 11.6 Å². The molecule has 0 amide bonds. The van der Waals surface area contributed by atoms with Gasteiger partial charge in [-0.25, -0.2) is 9.97 Å². The summed E-state index contributed by atoms with van der Waals surface area (Å²) >= 11 is 2.31. The average molecular weight is 371 g/mol. The summed E-state index contributed by atoms with van der Waals surface area (Å²) < 4.78 is 6.48. The molecule has 0 aliphatic carbocycles. The van der Waals surface area contributed by atoms with Crippen LogP contribution >= 0.6 is 22.6 Å². The van der Waals surface area contributed by atoms with Crippen molar-refractivity contribution in [2.45, 2.75) is 33.1 Å². The first-order chi connectivity index (χ1) is 8.93. The number of hydrogen-bond acceptors (Lipinski definition) is 4. The van der Waals surface area contributed by atoms with Crippen LogP contribution in [0.4, 0.5) is 5.82 Å². The Labute approximate surface area is 127 Å². The Balaban J connectivity index is 2.61. The molecule has 2 aromatic heterocycles. The quantitative estimate of drug-likeness (QED) is 0.827. The molecule has 0 saturated carbocycles. The molecule has 2 rings (SSSR count). The van der Waals surface area contributed by atoms with Gasteiger partial charge >= 0.3 is 0 Å². The molecule has 0 aromatic carbocycles. The molecule has 0 aliphatic rings. The number of aromatic nitrogens is 2. The van der Waals surface area contributed by atoms with Crippen LogP contribution in [-0.2, 0) is 5.41 Å². The lowest BCUT2D eigenvalue weighted by molar-refractivity contribution is 0.554. The van der Waals surface area contributed by atoms with Crippen molar-refractivity contribution in [3.63, 3.8) is 0 Å². The molecule has 0 bridgehead atoms. The molecule has 0 radical (unpaired) electrons. The maximum absolute atomic E-state index is 5.40. The Morgan fingerprint density at radius 2 is 2.05 bits per heavy atom. The molecule has 0 spiro atoms. The van der Waals surface area contributed by atoms with E-state index in [0.717, 1.165) is 21.6 Å². The minimum Gasteiger partial charge on any atom is -0.461 e. The van der Waals surface area contributed by atoms with Gasteiger partial charge in [-0.15, -0.1) is 0 Å². The normalized spacial score (nSPS) is 11.6. The van der Waals surface area contributed by atoms with Crippen LogP contribution in [0.5, 0.6) is 0 Å². The highest BCUT2D eigenvalue weighted by atomic mass is 127. The highest BCUT2D eigenvalue weighted by Gasteiger charge is 2.23. The first-order valence-corrected chi connectivity index (χ1v) is 7.37. The van der Waals surface area contributed by atoms with Crippen LogP contribution in [0.2, 0.25) is 0 Å². The molecule has 2 heterocycles. The van der Waals surface area contributed by atoms with Crippen LogP contribution in [0.3, 0.4) is 0 Å². The van der Waals surface area contributed by atoms with Gasteiger partial charge < -0.3 is 9.73 Å². The third kappa shape index (κ3) is 3.08. The largest absolute Gasteiger partial charge is 0.461 e. The molecule has 0 saturated heterocycles. The van der Waals surface area contributed by atoms with Crippen LogP contribution in [0, 0.1) is 3.57 Å². The highest BCUT2D eigenvalue weighted by molar-refractivity contribution is 14.1. The molecule has 19 heavy (non-hydrogen) atoms. The van der Waals surface area contributed by atoms with E-state index in [2.05, 4.69) is 65.6 Å². The standard InChI is InChI=1S/C14H18IN3O/c1-5-16-13-10(15)11(14(2,3)4)17-12(18-13)9-7-6-8-19-9/h6-8H,5H2,1-4H3,(H,16,17,18). The van der Waals surface area contributed by atoms with E-state index >= 15 is 0 Å². The van der Waals surface area contributed by atoms with Gasteiger partial charge in [0.15, 0.2) is 11.6 Å². The fourth-order valence-electron chi connectivity index (χ4n) is 1.74. The summed E-state index contributed by atoms with van der Waals surface area (Å²) in [4.78, 5) is 9.23. The predicted octanol–water partition coefficient (Wildman–Crippen LogP) is 4.07. The number of hydrogen-bond donors (Lipinski definition) is 1. The highest BCUT2D eigenvalue weighted by Crippen LogP contribution is 2.31. The second-order valence-electron chi connectivity index (χ2n) is 5.32. The second kappa shape index (κ2) is 5.48. The maximum Gasteiger partial charge on any atom is 0.197 e. The van der Waals surface area contributed by atoms with Gasteiger partial charge in [0.25, 0.3) is 0 Å². The summed E-state index contributed by atoms with van der Waals surface area (Å²) in [5.74, 6) is 2.20. The smallest absolute Gasteiger partial charge is 0.197 e. The molecule has 2 aromatic rings. The van der Waals surface area contributed by atoms with Gasteiger partial charge in [-0.1, -0.05) is 20.8 Å². The minimum atomic E-state index is -0.0367. The molecule has 1 N–H and O–H groups in total. The lowest BCUT2D eigenvalue weighted by Gasteiger charge is -2.21. The lowest BCUT2D eigenvalue weighted by atomic mass is 9.92. The van der Waals surface area contributed by atoms with Crippen LogP contribution in [-0.4, -0.2) is 16.5 Å². The summed E-state index contributed by atoms with van der Waals surface area (Å²) in [6.07, 6.45) is 1.64. The Hall–Kier alpha value is -1.11. The molecule has 102 valence electrons. The zero-order chi connectivity index (χ0) is 14.0. The number of nitrogens with zero attached hydrogens (tertiary/aromatic N) is 2. The van der Waals surface area contributed by atoms with E-state index in [1.165, 1.54) is 0 Å². The van der Waals surface area contributed by atoms with E-state index in [0.29, 0.717) is 11.6 Å². The molecule has 0 fully saturated rings. The Kier molecular flexibility index (Phi) is 4.13. The fourth-order valence-corrected chi connectivity index (χ4v) is 2.99. The van der Waals surface area contributed by atoms with E-state index in [9.17, 15) is 0 Å². The third-order valence-corrected chi connectivity index (χ3v) is 3.67. The Bertz CT molecular complexity index is 559. The van der Waals surface area contributed by atoms with Gasteiger partial charge in [-0.3, -0.25) is 0 Å². The van der Waals surface area contributed by atoms with Gasteiger partial charge in [0.2, 0.25) is 0 Å². The van der Waals surface area contributed by atoms with Gasteiger partial charge in [0.1, 0.15) is 5.82 Å². The molecule has 0 unspecified atom stereocenters. The number of furan rings is 1. The van der Waals surface area contributed by atoms with Gasteiger partial charge in [0.05, 0.1) is 15.5 Å². The van der Waals surface area contributed by atoms with Crippen molar-refractivity contribution in [1.29, 1.82) is 0 Å². The van der Waals surface area contributed by atoms with Gasteiger partial charge in [-0.05, 0) is 41.6 Å². The van der Waals surface area contributed by atoms with Crippen molar-refractivity contribution in [1.82, 2.24) is 9.97 Å². The molecule has 5 heteroatoms. The number of halogens is 1. The van der Waals surface area contributed by atoms with Crippen molar-refractivity contribution in [3.05, 3.63) is 27.7 Å². The summed E-state index contributed by atoms with van der Waals surface area (Å²) in [5, 5.41) is 3.29. The molecule has 4 nitrogen and oxygen atoms in total. The van der Waals surface area contributed by atoms with Gasteiger partial charge in [-0.2, -0.15) is 0 Å². The van der Waals surface area contributed by atoms with E-state index in [1.54, 1.807) is 6.26 Å². The Morgan fingerprint density at radius 3 is 2.58 bits per heavy atom.